The first-order valence-corrected chi connectivity index (χ1v) is 11.2. The van der Waals surface area contributed by atoms with Crippen LogP contribution in [0, 0.1) is 6.92 Å². The molecule has 1 aromatic heterocycles. The SMILES string of the molecule is CCN(CC)c1ccc(-n2nc3cc(C)c(NC(=O)c4ccc(OC)c(Cl)c4)cc3n2)cc1. The van der Waals surface area contributed by atoms with Crippen molar-refractivity contribution >= 4 is 39.9 Å². The summed E-state index contributed by atoms with van der Waals surface area (Å²) in [6.45, 7) is 8.11. The van der Waals surface area contributed by atoms with E-state index in [0.29, 0.717) is 27.5 Å². The summed E-state index contributed by atoms with van der Waals surface area (Å²) in [5.41, 5.74) is 5.49. The number of carbonyl (C=O) groups is 1. The van der Waals surface area contributed by atoms with Crippen molar-refractivity contribution in [3.63, 3.8) is 0 Å². The van der Waals surface area contributed by atoms with E-state index in [1.165, 1.54) is 12.8 Å². The summed E-state index contributed by atoms with van der Waals surface area (Å²) in [7, 11) is 1.53. The van der Waals surface area contributed by atoms with E-state index in [4.69, 9.17) is 16.3 Å². The lowest BCUT2D eigenvalue weighted by Crippen LogP contribution is -2.21. The molecule has 0 aliphatic heterocycles. The first-order valence-electron chi connectivity index (χ1n) is 10.8. The molecular formula is C25H26ClN5O2. The zero-order valence-electron chi connectivity index (χ0n) is 19.1. The van der Waals surface area contributed by atoms with Crippen LogP contribution in [0.2, 0.25) is 5.02 Å². The predicted octanol–water partition coefficient (Wildman–Crippen LogP) is 5.49. The molecule has 0 saturated heterocycles. The Morgan fingerprint density at radius 3 is 2.30 bits per heavy atom. The average molecular weight is 464 g/mol. The third-order valence-electron chi connectivity index (χ3n) is 5.60. The number of hydrogen-bond donors (Lipinski definition) is 1. The highest BCUT2D eigenvalue weighted by molar-refractivity contribution is 6.32. The van der Waals surface area contributed by atoms with Crippen molar-refractivity contribution in [2.24, 2.45) is 0 Å². The van der Waals surface area contributed by atoms with Crippen LogP contribution < -0.4 is 15.0 Å². The molecule has 4 aromatic rings. The second-order valence-corrected chi connectivity index (χ2v) is 8.04. The number of carbonyl (C=O) groups excluding carboxylic acids is 1. The fourth-order valence-corrected chi connectivity index (χ4v) is 3.96. The molecule has 0 radical (unpaired) electrons. The summed E-state index contributed by atoms with van der Waals surface area (Å²) in [5.74, 6) is 0.258. The molecule has 7 nitrogen and oxygen atoms in total. The molecule has 0 aliphatic rings. The Morgan fingerprint density at radius 2 is 1.70 bits per heavy atom. The normalized spacial score (nSPS) is 10.9. The molecule has 1 amide bonds. The zero-order chi connectivity index (χ0) is 23.5. The number of nitrogens with zero attached hydrogens (tertiary/aromatic N) is 4. The van der Waals surface area contributed by atoms with Gasteiger partial charge in [0.2, 0.25) is 0 Å². The molecule has 3 aromatic carbocycles. The van der Waals surface area contributed by atoms with Gasteiger partial charge in [0.05, 0.1) is 17.8 Å². The molecule has 0 bridgehead atoms. The van der Waals surface area contributed by atoms with Crippen LogP contribution in [0.3, 0.4) is 0 Å². The van der Waals surface area contributed by atoms with E-state index in [1.54, 1.807) is 23.0 Å². The number of nitrogens with one attached hydrogen (secondary N) is 1. The summed E-state index contributed by atoms with van der Waals surface area (Å²) in [6, 6.07) is 16.9. The highest BCUT2D eigenvalue weighted by Crippen LogP contribution is 2.27. The molecule has 0 spiro atoms. The number of halogens is 1. The monoisotopic (exact) mass is 463 g/mol. The molecule has 1 N–H and O–H groups in total. The van der Waals surface area contributed by atoms with Gasteiger partial charge in [-0.15, -0.1) is 10.2 Å². The van der Waals surface area contributed by atoms with Crippen LogP contribution >= 0.6 is 11.6 Å². The molecular weight excluding hydrogens is 438 g/mol. The van der Waals surface area contributed by atoms with E-state index in [2.05, 4.69) is 46.4 Å². The molecule has 0 unspecified atom stereocenters. The number of benzene rings is 3. The van der Waals surface area contributed by atoms with Crippen LogP contribution in [0.5, 0.6) is 5.75 Å². The maximum Gasteiger partial charge on any atom is 0.255 e. The predicted molar refractivity (Wildman–Crippen MR) is 133 cm³/mol. The fraction of sp³-hybridized carbons (Fsp3) is 0.240. The maximum absolute atomic E-state index is 12.8. The molecule has 1 heterocycles. The van der Waals surface area contributed by atoms with Gasteiger partial charge in [-0.25, -0.2) is 0 Å². The number of anilines is 2. The Labute approximate surface area is 197 Å². The van der Waals surface area contributed by atoms with Crippen LogP contribution in [-0.2, 0) is 0 Å². The number of aromatic nitrogens is 3. The van der Waals surface area contributed by atoms with Gasteiger partial charge in [-0.1, -0.05) is 11.6 Å². The van der Waals surface area contributed by atoms with Gasteiger partial charge in [0.1, 0.15) is 16.8 Å². The van der Waals surface area contributed by atoms with Gasteiger partial charge >= 0.3 is 0 Å². The summed E-state index contributed by atoms with van der Waals surface area (Å²) in [4.78, 5) is 16.7. The number of amides is 1. The largest absolute Gasteiger partial charge is 0.495 e. The van der Waals surface area contributed by atoms with Crippen molar-refractivity contribution in [2.75, 3.05) is 30.4 Å². The highest BCUT2D eigenvalue weighted by atomic mass is 35.5. The molecule has 33 heavy (non-hydrogen) atoms. The molecule has 0 fully saturated rings. The second kappa shape index (κ2) is 9.50. The maximum atomic E-state index is 12.8. The van der Waals surface area contributed by atoms with Crippen molar-refractivity contribution in [1.82, 2.24) is 15.0 Å². The summed E-state index contributed by atoms with van der Waals surface area (Å²) < 4.78 is 5.15. The number of ether oxygens (including phenoxy) is 1. The Kier molecular flexibility index (Phi) is 6.51. The summed E-state index contributed by atoms with van der Waals surface area (Å²) in [6.07, 6.45) is 0. The fourth-order valence-electron chi connectivity index (χ4n) is 3.71. The van der Waals surface area contributed by atoms with Gasteiger partial charge in [0, 0.05) is 30.0 Å². The first kappa shape index (κ1) is 22.6. The van der Waals surface area contributed by atoms with E-state index in [9.17, 15) is 4.79 Å². The van der Waals surface area contributed by atoms with Crippen molar-refractivity contribution < 1.29 is 9.53 Å². The molecule has 8 heteroatoms. The lowest BCUT2D eigenvalue weighted by Gasteiger charge is -2.20. The molecule has 4 rings (SSSR count). The zero-order valence-corrected chi connectivity index (χ0v) is 19.8. The minimum Gasteiger partial charge on any atom is -0.495 e. The summed E-state index contributed by atoms with van der Waals surface area (Å²) in [5, 5.41) is 12.6. The lowest BCUT2D eigenvalue weighted by molar-refractivity contribution is 0.102. The smallest absolute Gasteiger partial charge is 0.255 e. The van der Waals surface area contributed by atoms with Gasteiger partial charge in [-0.2, -0.15) is 4.80 Å². The van der Waals surface area contributed by atoms with Crippen LogP contribution in [0.25, 0.3) is 16.7 Å². The Hall–Kier alpha value is -3.58. The van der Waals surface area contributed by atoms with Crippen LogP contribution in [0.4, 0.5) is 11.4 Å². The van der Waals surface area contributed by atoms with Crippen LogP contribution in [-0.4, -0.2) is 41.1 Å². The third kappa shape index (κ3) is 4.64. The second-order valence-electron chi connectivity index (χ2n) is 7.64. The first-order chi connectivity index (χ1) is 15.9. The minimum atomic E-state index is -0.263. The van der Waals surface area contributed by atoms with Gasteiger partial charge in [0.15, 0.2) is 0 Å². The number of aryl methyl sites for hydroxylation is 1. The van der Waals surface area contributed by atoms with Gasteiger partial charge in [-0.05, 0) is 80.9 Å². The van der Waals surface area contributed by atoms with Gasteiger partial charge in [-0.3, -0.25) is 4.79 Å². The van der Waals surface area contributed by atoms with E-state index < -0.39 is 0 Å². The number of fused-ring (bicyclic) bond motifs is 1. The molecule has 170 valence electrons. The number of methoxy groups -OCH3 is 1. The van der Waals surface area contributed by atoms with Crippen molar-refractivity contribution in [3.8, 4) is 11.4 Å². The molecule has 0 atom stereocenters. The van der Waals surface area contributed by atoms with Crippen LogP contribution in [0.1, 0.15) is 29.8 Å². The quantitative estimate of drug-likeness (QED) is 0.392. The highest BCUT2D eigenvalue weighted by Gasteiger charge is 2.14. The Balaban J connectivity index is 1.59. The van der Waals surface area contributed by atoms with Crippen LogP contribution in [0.15, 0.2) is 54.6 Å². The molecule has 0 aliphatic carbocycles. The van der Waals surface area contributed by atoms with Crippen molar-refractivity contribution in [3.05, 3.63) is 70.7 Å². The van der Waals surface area contributed by atoms with Gasteiger partial charge < -0.3 is 15.0 Å². The Morgan fingerprint density at radius 1 is 1.03 bits per heavy atom. The minimum absolute atomic E-state index is 0.263. The van der Waals surface area contributed by atoms with E-state index >= 15 is 0 Å². The number of hydrogen-bond acceptors (Lipinski definition) is 5. The standard InChI is InChI=1S/C25H26ClN5O2/c1-5-30(6-2)18-8-10-19(11-9-18)31-28-22-13-16(3)21(15-23(22)29-31)27-25(32)17-7-12-24(33-4)20(26)14-17/h7-15H,5-6H2,1-4H3,(H,27,32). The van der Waals surface area contributed by atoms with E-state index in [0.717, 1.165) is 29.9 Å². The molecule has 0 saturated carbocycles. The van der Waals surface area contributed by atoms with E-state index in [-0.39, 0.29) is 5.91 Å². The topological polar surface area (TPSA) is 72.3 Å². The Bertz CT molecular complexity index is 1300. The average Bonchev–Trinajstić information content (AvgIpc) is 3.23. The van der Waals surface area contributed by atoms with Crippen molar-refractivity contribution in [1.29, 1.82) is 0 Å². The summed E-state index contributed by atoms with van der Waals surface area (Å²) >= 11 is 6.16. The van der Waals surface area contributed by atoms with Crippen molar-refractivity contribution in [2.45, 2.75) is 20.8 Å². The number of rotatable bonds is 7. The third-order valence-corrected chi connectivity index (χ3v) is 5.89. The van der Waals surface area contributed by atoms with Gasteiger partial charge in [0.25, 0.3) is 5.91 Å². The lowest BCUT2D eigenvalue weighted by atomic mass is 10.1. The van der Waals surface area contributed by atoms with E-state index in [1.807, 2.05) is 31.2 Å².